The molecule has 3 rings (SSSR count). The van der Waals surface area contributed by atoms with Gasteiger partial charge in [0.15, 0.2) is 6.61 Å². The normalized spacial score (nSPS) is 12.1. The third kappa shape index (κ3) is 3.79. The van der Waals surface area contributed by atoms with Crippen LogP contribution in [0.2, 0.25) is 0 Å². The monoisotopic (exact) mass is 335 g/mol. The number of nitrogens with one attached hydrogen (secondary N) is 1. The number of hydrogen-bond donors (Lipinski definition) is 1. The van der Waals surface area contributed by atoms with Crippen molar-refractivity contribution >= 4 is 22.7 Å². The average Bonchev–Trinajstić information content (AvgIpc) is 2.96. The second kappa shape index (κ2) is 7.34. The van der Waals surface area contributed by atoms with Gasteiger partial charge in [-0.15, -0.1) is 0 Å². The number of esters is 1. The van der Waals surface area contributed by atoms with Crippen molar-refractivity contribution in [2.24, 2.45) is 0 Å². The molecule has 0 bridgehead atoms. The first-order chi connectivity index (χ1) is 12.1. The Kier molecular flexibility index (Phi) is 4.98. The van der Waals surface area contributed by atoms with Gasteiger partial charge in [0.2, 0.25) is 5.78 Å². The van der Waals surface area contributed by atoms with Crippen LogP contribution in [0.4, 0.5) is 0 Å². The maximum absolute atomic E-state index is 12.5. The van der Waals surface area contributed by atoms with E-state index < -0.39 is 0 Å². The number of fused-ring (bicyclic) bond motifs is 1. The van der Waals surface area contributed by atoms with Crippen LogP contribution in [0.1, 0.15) is 40.9 Å². The number of carbonyl (C=O) groups excluding carboxylic acids is 2. The topological polar surface area (TPSA) is 59.2 Å². The molecule has 25 heavy (non-hydrogen) atoms. The molecule has 0 fully saturated rings. The van der Waals surface area contributed by atoms with E-state index in [1.807, 2.05) is 68.4 Å². The maximum Gasteiger partial charge on any atom is 0.306 e. The molecule has 1 heterocycles. The highest BCUT2D eigenvalue weighted by molar-refractivity contribution is 6.10. The molecule has 0 amide bonds. The Morgan fingerprint density at radius 2 is 1.72 bits per heavy atom. The third-order valence-corrected chi connectivity index (χ3v) is 4.38. The van der Waals surface area contributed by atoms with Crippen LogP contribution < -0.4 is 0 Å². The second-order valence-electron chi connectivity index (χ2n) is 6.27. The molecule has 4 heteroatoms. The molecule has 0 aliphatic rings. The summed E-state index contributed by atoms with van der Waals surface area (Å²) in [5.74, 6) is -0.489. The van der Waals surface area contributed by atoms with E-state index in [9.17, 15) is 9.59 Å². The summed E-state index contributed by atoms with van der Waals surface area (Å²) in [6, 6.07) is 17.4. The highest BCUT2D eigenvalue weighted by atomic mass is 16.5. The van der Waals surface area contributed by atoms with E-state index in [1.165, 1.54) is 0 Å². The Labute approximate surface area is 146 Å². The SMILES string of the molecule is Cc1[nH]c2ccccc2c1C(=O)COC(=O)C[C@@H](C)c1ccccc1. The Morgan fingerprint density at radius 3 is 2.48 bits per heavy atom. The Bertz CT molecular complexity index is 896. The zero-order chi connectivity index (χ0) is 17.8. The van der Waals surface area contributed by atoms with Crippen LogP contribution >= 0.6 is 0 Å². The summed E-state index contributed by atoms with van der Waals surface area (Å²) in [6.07, 6.45) is 0.254. The van der Waals surface area contributed by atoms with Gasteiger partial charge in [0.05, 0.1) is 6.42 Å². The van der Waals surface area contributed by atoms with Crippen molar-refractivity contribution in [3.63, 3.8) is 0 Å². The van der Waals surface area contributed by atoms with Crippen molar-refractivity contribution in [2.45, 2.75) is 26.2 Å². The van der Waals surface area contributed by atoms with Crippen LogP contribution in [-0.2, 0) is 9.53 Å². The number of Topliss-reactive ketones (excluding diaryl/α,β-unsaturated/α-hetero) is 1. The van der Waals surface area contributed by atoms with Crippen LogP contribution in [0.5, 0.6) is 0 Å². The van der Waals surface area contributed by atoms with E-state index in [0.717, 1.165) is 22.2 Å². The van der Waals surface area contributed by atoms with Gasteiger partial charge in [0, 0.05) is 22.2 Å². The lowest BCUT2D eigenvalue weighted by atomic mass is 9.98. The van der Waals surface area contributed by atoms with Gasteiger partial charge >= 0.3 is 5.97 Å². The number of rotatable bonds is 6. The van der Waals surface area contributed by atoms with Crippen LogP contribution in [0.25, 0.3) is 10.9 Å². The molecule has 0 aliphatic carbocycles. The molecule has 1 N–H and O–H groups in total. The van der Waals surface area contributed by atoms with Crippen molar-refractivity contribution in [2.75, 3.05) is 6.61 Å². The van der Waals surface area contributed by atoms with Crippen LogP contribution in [0, 0.1) is 6.92 Å². The smallest absolute Gasteiger partial charge is 0.306 e. The molecule has 2 aromatic carbocycles. The molecule has 0 saturated carbocycles. The molecular formula is C21H21NO3. The van der Waals surface area contributed by atoms with E-state index >= 15 is 0 Å². The minimum Gasteiger partial charge on any atom is -0.457 e. The summed E-state index contributed by atoms with van der Waals surface area (Å²) in [7, 11) is 0. The zero-order valence-corrected chi connectivity index (χ0v) is 14.4. The highest BCUT2D eigenvalue weighted by Gasteiger charge is 2.18. The van der Waals surface area contributed by atoms with Gasteiger partial charge in [-0.05, 0) is 24.5 Å². The van der Waals surface area contributed by atoms with Gasteiger partial charge in [-0.2, -0.15) is 0 Å². The first kappa shape index (κ1) is 17.0. The van der Waals surface area contributed by atoms with Crippen molar-refractivity contribution < 1.29 is 14.3 Å². The zero-order valence-electron chi connectivity index (χ0n) is 14.4. The van der Waals surface area contributed by atoms with Gasteiger partial charge in [-0.1, -0.05) is 55.5 Å². The number of hydrogen-bond acceptors (Lipinski definition) is 3. The van der Waals surface area contributed by atoms with Gasteiger partial charge < -0.3 is 9.72 Å². The fourth-order valence-corrected chi connectivity index (χ4v) is 3.06. The van der Waals surface area contributed by atoms with Gasteiger partial charge in [-0.3, -0.25) is 9.59 Å². The number of ether oxygens (including phenoxy) is 1. The number of H-pyrrole nitrogens is 1. The first-order valence-corrected chi connectivity index (χ1v) is 8.37. The summed E-state index contributed by atoms with van der Waals surface area (Å²) in [6.45, 7) is 3.60. The summed E-state index contributed by atoms with van der Waals surface area (Å²) in [4.78, 5) is 27.8. The Balaban J connectivity index is 1.62. The first-order valence-electron chi connectivity index (χ1n) is 8.37. The van der Waals surface area contributed by atoms with E-state index in [4.69, 9.17) is 4.74 Å². The van der Waals surface area contributed by atoms with Gasteiger partial charge in [0.25, 0.3) is 0 Å². The number of aryl methyl sites for hydroxylation is 1. The molecule has 0 spiro atoms. The van der Waals surface area contributed by atoms with E-state index in [-0.39, 0.29) is 30.7 Å². The number of aromatic nitrogens is 1. The molecule has 0 aliphatic heterocycles. The predicted octanol–water partition coefficient (Wildman–Crippen LogP) is 4.40. The highest BCUT2D eigenvalue weighted by Crippen LogP contribution is 2.23. The number of benzene rings is 2. The van der Waals surface area contributed by atoms with E-state index in [1.54, 1.807) is 0 Å². The lowest BCUT2D eigenvalue weighted by molar-refractivity contribution is -0.142. The minimum absolute atomic E-state index is 0.0543. The summed E-state index contributed by atoms with van der Waals surface area (Å²) < 4.78 is 5.22. The molecule has 1 aromatic heterocycles. The number of carbonyl (C=O) groups is 2. The van der Waals surface area contributed by atoms with Crippen LogP contribution in [-0.4, -0.2) is 23.3 Å². The molecular weight excluding hydrogens is 314 g/mol. The standard InChI is InChI=1S/C21H21NO3/c1-14(16-8-4-3-5-9-16)12-20(24)25-13-19(23)21-15(2)22-18-11-7-6-10-17(18)21/h3-11,14,22H,12-13H2,1-2H3/t14-/m1/s1. The van der Waals surface area contributed by atoms with Crippen molar-refractivity contribution in [3.05, 3.63) is 71.4 Å². The Morgan fingerprint density at radius 1 is 1.04 bits per heavy atom. The fraction of sp³-hybridized carbons (Fsp3) is 0.238. The summed E-state index contributed by atoms with van der Waals surface area (Å²) in [5, 5.41) is 0.860. The third-order valence-electron chi connectivity index (χ3n) is 4.38. The lowest BCUT2D eigenvalue weighted by Gasteiger charge is -2.11. The minimum atomic E-state index is -0.359. The second-order valence-corrected chi connectivity index (χ2v) is 6.27. The van der Waals surface area contributed by atoms with Crippen LogP contribution in [0.15, 0.2) is 54.6 Å². The molecule has 3 aromatic rings. The van der Waals surface area contributed by atoms with Crippen molar-refractivity contribution in [3.8, 4) is 0 Å². The van der Waals surface area contributed by atoms with Gasteiger partial charge in [-0.25, -0.2) is 0 Å². The largest absolute Gasteiger partial charge is 0.457 e. The molecule has 128 valence electrons. The lowest BCUT2D eigenvalue weighted by Crippen LogP contribution is -2.16. The maximum atomic E-state index is 12.5. The molecule has 0 unspecified atom stereocenters. The van der Waals surface area contributed by atoms with Gasteiger partial charge in [0.1, 0.15) is 0 Å². The summed E-state index contributed by atoms with van der Waals surface area (Å²) in [5.41, 5.74) is 3.38. The van der Waals surface area contributed by atoms with Crippen molar-refractivity contribution in [1.29, 1.82) is 0 Å². The molecule has 1 atom stereocenters. The van der Waals surface area contributed by atoms with Crippen LogP contribution in [0.3, 0.4) is 0 Å². The van der Waals surface area contributed by atoms with Crippen molar-refractivity contribution in [1.82, 2.24) is 4.98 Å². The summed E-state index contributed by atoms with van der Waals surface area (Å²) >= 11 is 0. The number of ketones is 1. The predicted molar refractivity (Wildman–Crippen MR) is 97.8 cm³/mol. The number of aromatic amines is 1. The van der Waals surface area contributed by atoms with E-state index in [2.05, 4.69) is 4.98 Å². The molecule has 0 saturated heterocycles. The quantitative estimate of drug-likeness (QED) is 0.537. The van der Waals surface area contributed by atoms with E-state index in [0.29, 0.717) is 5.56 Å². The molecule has 4 nitrogen and oxygen atoms in total. The molecule has 0 radical (unpaired) electrons. The Hall–Kier alpha value is -2.88. The fourth-order valence-electron chi connectivity index (χ4n) is 3.06. The number of para-hydroxylation sites is 1. The average molecular weight is 335 g/mol.